The highest BCUT2D eigenvalue weighted by atomic mass is 32.1. The quantitative estimate of drug-likeness (QED) is 0.532. The highest BCUT2D eigenvalue weighted by molar-refractivity contribution is 7.22. The first kappa shape index (κ1) is 17.4. The van der Waals surface area contributed by atoms with Crippen molar-refractivity contribution < 1.29 is 9.90 Å². The Hall–Kier alpha value is -3.02. The lowest BCUT2D eigenvalue weighted by molar-refractivity contribution is 0.102. The number of benzene rings is 3. The maximum absolute atomic E-state index is 12.5. The Bertz CT molecular complexity index is 1090. The van der Waals surface area contributed by atoms with Gasteiger partial charge in [-0.15, -0.1) is 0 Å². The van der Waals surface area contributed by atoms with E-state index in [0.717, 1.165) is 26.9 Å². The van der Waals surface area contributed by atoms with E-state index in [4.69, 9.17) is 0 Å². The van der Waals surface area contributed by atoms with Gasteiger partial charge in [-0.1, -0.05) is 59.9 Å². The van der Waals surface area contributed by atoms with Gasteiger partial charge in [0, 0.05) is 5.56 Å². The fraction of sp³-hybridized carbons (Fsp3) is 0.0909. The lowest BCUT2D eigenvalue weighted by Crippen LogP contribution is -2.11. The van der Waals surface area contributed by atoms with Crippen LogP contribution in [0.15, 0.2) is 72.8 Å². The molecule has 0 spiro atoms. The van der Waals surface area contributed by atoms with E-state index >= 15 is 0 Å². The zero-order chi connectivity index (χ0) is 18.8. The van der Waals surface area contributed by atoms with Gasteiger partial charge in [0.15, 0.2) is 5.13 Å². The molecule has 4 rings (SSSR count). The number of fused-ring (bicyclic) bond motifs is 1. The molecule has 1 aromatic heterocycles. The Morgan fingerprint density at radius 2 is 1.70 bits per heavy atom. The number of nitrogens with zero attached hydrogens (tertiary/aromatic N) is 1. The summed E-state index contributed by atoms with van der Waals surface area (Å²) in [6.07, 6.45) is -0.712. The molecule has 1 atom stereocenters. The van der Waals surface area contributed by atoms with Gasteiger partial charge < -0.3 is 5.11 Å². The Kier molecular flexibility index (Phi) is 4.71. The van der Waals surface area contributed by atoms with Crippen molar-refractivity contribution in [3.63, 3.8) is 0 Å². The zero-order valence-corrected chi connectivity index (χ0v) is 15.5. The first-order valence-corrected chi connectivity index (χ1v) is 9.43. The molecule has 2 N–H and O–H groups in total. The number of nitrogens with one attached hydrogen (secondary N) is 1. The Balaban J connectivity index is 1.50. The van der Waals surface area contributed by atoms with Crippen LogP contribution in [0.3, 0.4) is 0 Å². The predicted molar refractivity (Wildman–Crippen MR) is 109 cm³/mol. The number of carbonyl (C=O) groups is 1. The first-order valence-electron chi connectivity index (χ1n) is 8.62. The third-order valence-electron chi connectivity index (χ3n) is 4.37. The second-order valence-electron chi connectivity index (χ2n) is 6.38. The molecule has 27 heavy (non-hydrogen) atoms. The summed E-state index contributed by atoms with van der Waals surface area (Å²) in [6.45, 7) is 2.03. The van der Waals surface area contributed by atoms with Gasteiger partial charge in [-0.05, 0) is 47.9 Å². The monoisotopic (exact) mass is 374 g/mol. The molecule has 0 aliphatic carbocycles. The van der Waals surface area contributed by atoms with Gasteiger partial charge in [0.25, 0.3) is 5.91 Å². The van der Waals surface area contributed by atoms with Crippen molar-refractivity contribution in [1.82, 2.24) is 4.98 Å². The minimum atomic E-state index is -0.712. The molecular formula is C22H18N2O2S. The molecule has 4 nitrogen and oxygen atoms in total. The van der Waals surface area contributed by atoms with Crippen LogP contribution < -0.4 is 5.32 Å². The molecule has 1 heterocycles. The van der Waals surface area contributed by atoms with Gasteiger partial charge in [0.1, 0.15) is 6.10 Å². The molecule has 0 saturated carbocycles. The van der Waals surface area contributed by atoms with Gasteiger partial charge in [-0.25, -0.2) is 4.98 Å². The van der Waals surface area contributed by atoms with Crippen molar-refractivity contribution in [3.8, 4) is 0 Å². The SMILES string of the molecule is Cc1ccc2nc(NC(=O)c3ccc(C(O)c4ccccc4)cc3)sc2c1. The molecule has 0 aliphatic rings. The number of hydrogen-bond acceptors (Lipinski definition) is 4. The van der Waals surface area contributed by atoms with Gasteiger partial charge in [-0.2, -0.15) is 0 Å². The molecule has 0 bridgehead atoms. The number of aliphatic hydroxyl groups excluding tert-OH is 1. The summed E-state index contributed by atoms with van der Waals surface area (Å²) in [6, 6.07) is 22.4. The van der Waals surface area contributed by atoms with E-state index in [0.29, 0.717) is 10.7 Å². The standard InChI is InChI=1S/C22H18N2O2S/c1-14-7-12-18-19(13-14)27-22(23-18)24-21(26)17-10-8-16(9-11-17)20(25)15-5-3-2-4-6-15/h2-13,20,25H,1H3,(H,23,24,26). The molecule has 1 amide bonds. The van der Waals surface area contributed by atoms with Crippen LogP contribution >= 0.6 is 11.3 Å². The smallest absolute Gasteiger partial charge is 0.257 e. The third-order valence-corrected chi connectivity index (χ3v) is 5.30. The highest BCUT2D eigenvalue weighted by Gasteiger charge is 2.13. The number of aryl methyl sites for hydroxylation is 1. The van der Waals surface area contributed by atoms with Crippen LogP contribution in [0.5, 0.6) is 0 Å². The van der Waals surface area contributed by atoms with E-state index < -0.39 is 6.10 Å². The molecule has 0 radical (unpaired) electrons. The molecule has 3 aromatic carbocycles. The molecule has 134 valence electrons. The average Bonchev–Trinajstić information content (AvgIpc) is 3.09. The van der Waals surface area contributed by atoms with E-state index in [2.05, 4.69) is 16.4 Å². The number of aromatic nitrogens is 1. The van der Waals surface area contributed by atoms with Crippen molar-refractivity contribution in [1.29, 1.82) is 0 Å². The van der Waals surface area contributed by atoms with Crippen molar-refractivity contribution >= 4 is 32.6 Å². The van der Waals surface area contributed by atoms with E-state index in [1.54, 1.807) is 24.3 Å². The summed E-state index contributed by atoms with van der Waals surface area (Å²) in [5.74, 6) is -0.216. The summed E-state index contributed by atoms with van der Waals surface area (Å²) in [5, 5.41) is 13.9. The van der Waals surface area contributed by atoms with Crippen molar-refractivity contribution in [3.05, 3.63) is 95.1 Å². The summed E-state index contributed by atoms with van der Waals surface area (Å²) < 4.78 is 1.05. The van der Waals surface area contributed by atoms with E-state index in [1.807, 2.05) is 49.4 Å². The molecular weight excluding hydrogens is 356 g/mol. The molecule has 4 aromatic rings. The minimum absolute atomic E-state index is 0.216. The van der Waals surface area contributed by atoms with E-state index in [-0.39, 0.29) is 5.91 Å². The number of carbonyl (C=O) groups excluding carboxylic acids is 1. The molecule has 0 saturated heterocycles. The van der Waals surface area contributed by atoms with Crippen LogP contribution in [0.1, 0.15) is 33.2 Å². The molecule has 0 fully saturated rings. The van der Waals surface area contributed by atoms with Crippen molar-refractivity contribution in [2.24, 2.45) is 0 Å². The number of thiazole rings is 1. The normalized spacial score (nSPS) is 12.1. The summed E-state index contributed by atoms with van der Waals surface area (Å²) in [5.41, 5.74) is 4.13. The molecule has 0 aliphatic heterocycles. The second-order valence-corrected chi connectivity index (χ2v) is 7.41. The lowest BCUT2D eigenvalue weighted by atomic mass is 10.0. The minimum Gasteiger partial charge on any atom is -0.384 e. The second kappa shape index (κ2) is 7.31. The number of hydrogen-bond donors (Lipinski definition) is 2. The summed E-state index contributed by atoms with van der Waals surface area (Å²) >= 11 is 1.46. The Labute approximate surface area is 161 Å². The highest BCUT2D eigenvalue weighted by Crippen LogP contribution is 2.27. The van der Waals surface area contributed by atoms with Gasteiger partial charge in [-0.3, -0.25) is 10.1 Å². The first-order chi connectivity index (χ1) is 13.1. The predicted octanol–water partition coefficient (Wildman–Crippen LogP) is 4.94. The number of amides is 1. The van der Waals surface area contributed by atoms with Crippen LogP contribution in [0.25, 0.3) is 10.2 Å². The van der Waals surface area contributed by atoms with Crippen LogP contribution in [-0.4, -0.2) is 16.0 Å². The fourth-order valence-corrected chi connectivity index (χ4v) is 3.86. The van der Waals surface area contributed by atoms with Crippen molar-refractivity contribution in [2.75, 3.05) is 5.32 Å². The fourth-order valence-electron chi connectivity index (χ4n) is 2.90. The Morgan fingerprint density at radius 3 is 2.44 bits per heavy atom. The topological polar surface area (TPSA) is 62.2 Å². The number of anilines is 1. The van der Waals surface area contributed by atoms with E-state index in [1.165, 1.54) is 11.3 Å². The largest absolute Gasteiger partial charge is 0.384 e. The zero-order valence-electron chi connectivity index (χ0n) is 14.7. The molecule has 1 unspecified atom stereocenters. The summed E-state index contributed by atoms with van der Waals surface area (Å²) in [7, 11) is 0. The van der Waals surface area contributed by atoms with E-state index in [9.17, 15) is 9.90 Å². The van der Waals surface area contributed by atoms with Crippen LogP contribution in [0, 0.1) is 6.92 Å². The Morgan fingerprint density at radius 1 is 1.00 bits per heavy atom. The lowest BCUT2D eigenvalue weighted by Gasteiger charge is -2.11. The third kappa shape index (κ3) is 3.74. The van der Waals surface area contributed by atoms with Gasteiger partial charge in [0.2, 0.25) is 0 Å². The maximum Gasteiger partial charge on any atom is 0.257 e. The summed E-state index contributed by atoms with van der Waals surface area (Å²) in [4.78, 5) is 17.0. The van der Waals surface area contributed by atoms with Crippen LogP contribution in [0.2, 0.25) is 0 Å². The van der Waals surface area contributed by atoms with Crippen LogP contribution in [-0.2, 0) is 0 Å². The van der Waals surface area contributed by atoms with Gasteiger partial charge in [0.05, 0.1) is 10.2 Å². The molecule has 5 heteroatoms. The number of aliphatic hydroxyl groups is 1. The van der Waals surface area contributed by atoms with Crippen molar-refractivity contribution in [2.45, 2.75) is 13.0 Å². The van der Waals surface area contributed by atoms with Gasteiger partial charge >= 0.3 is 0 Å². The maximum atomic E-state index is 12.5. The van der Waals surface area contributed by atoms with Crippen LogP contribution in [0.4, 0.5) is 5.13 Å². The average molecular weight is 374 g/mol. The number of rotatable bonds is 4.